The SMILES string of the molecule is Cc1ccc(-c2ccc3c(N)c(C(=O)Nc4nc(-c5ccncc5)cs4)sc3n2)cc1. The average molecular weight is 444 g/mol. The second-order valence-electron chi connectivity index (χ2n) is 6.99. The van der Waals surface area contributed by atoms with Gasteiger partial charge in [-0.25, -0.2) is 9.97 Å². The van der Waals surface area contributed by atoms with E-state index in [-0.39, 0.29) is 5.91 Å². The summed E-state index contributed by atoms with van der Waals surface area (Å²) in [5.74, 6) is -0.284. The summed E-state index contributed by atoms with van der Waals surface area (Å²) in [5.41, 5.74) is 11.5. The number of hydrogen-bond donors (Lipinski definition) is 2. The number of nitrogens with two attached hydrogens (primary N) is 1. The van der Waals surface area contributed by atoms with E-state index in [2.05, 4.69) is 27.4 Å². The number of carbonyl (C=O) groups excluding carboxylic acids is 1. The molecule has 6 nitrogen and oxygen atoms in total. The molecule has 0 bridgehead atoms. The zero-order valence-electron chi connectivity index (χ0n) is 16.5. The number of anilines is 2. The van der Waals surface area contributed by atoms with Crippen LogP contribution in [0.3, 0.4) is 0 Å². The number of benzene rings is 1. The molecule has 0 atom stereocenters. The Morgan fingerprint density at radius 2 is 1.68 bits per heavy atom. The summed E-state index contributed by atoms with van der Waals surface area (Å²) in [6.07, 6.45) is 3.42. The molecule has 1 aromatic carbocycles. The van der Waals surface area contributed by atoms with Gasteiger partial charge >= 0.3 is 0 Å². The third kappa shape index (κ3) is 3.78. The Bertz CT molecular complexity index is 1390. The molecule has 4 aromatic heterocycles. The van der Waals surface area contributed by atoms with Crippen LogP contribution in [0.2, 0.25) is 0 Å². The maximum Gasteiger partial charge on any atom is 0.269 e. The summed E-state index contributed by atoms with van der Waals surface area (Å²) in [7, 11) is 0. The van der Waals surface area contributed by atoms with Gasteiger partial charge in [-0.05, 0) is 31.2 Å². The normalized spacial score (nSPS) is 11.0. The molecular weight excluding hydrogens is 426 g/mol. The van der Waals surface area contributed by atoms with Crippen molar-refractivity contribution < 1.29 is 4.79 Å². The van der Waals surface area contributed by atoms with Crippen LogP contribution in [0.1, 0.15) is 15.2 Å². The number of nitrogen functional groups attached to an aromatic ring is 1. The molecule has 0 unspecified atom stereocenters. The lowest BCUT2D eigenvalue weighted by molar-refractivity contribution is 0.103. The number of pyridine rings is 2. The monoisotopic (exact) mass is 443 g/mol. The number of nitrogens with zero attached hydrogens (tertiary/aromatic N) is 3. The van der Waals surface area contributed by atoms with Crippen molar-refractivity contribution in [3.63, 3.8) is 0 Å². The minimum atomic E-state index is -0.284. The van der Waals surface area contributed by atoms with Gasteiger partial charge in [0.2, 0.25) is 0 Å². The number of aromatic nitrogens is 3. The van der Waals surface area contributed by atoms with Gasteiger partial charge in [0, 0.05) is 34.3 Å². The summed E-state index contributed by atoms with van der Waals surface area (Å²) in [6.45, 7) is 2.05. The highest BCUT2D eigenvalue weighted by Gasteiger charge is 2.19. The highest BCUT2D eigenvalue weighted by Crippen LogP contribution is 2.35. The molecule has 5 rings (SSSR count). The van der Waals surface area contributed by atoms with E-state index in [0.29, 0.717) is 15.7 Å². The summed E-state index contributed by atoms with van der Waals surface area (Å²) in [6, 6.07) is 15.8. The second kappa shape index (κ2) is 7.90. The number of aryl methyl sites for hydroxylation is 1. The number of carbonyl (C=O) groups is 1. The Labute approximate surface area is 186 Å². The molecule has 4 heterocycles. The fourth-order valence-electron chi connectivity index (χ4n) is 3.19. The van der Waals surface area contributed by atoms with Gasteiger partial charge in [-0.15, -0.1) is 22.7 Å². The van der Waals surface area contributed by atoms with Crippen molar-refractivity contribution in [3.05, 3.63) is 76.7 Å². The fraction of sp³-hybridized carbons (Fsp3) is 0.0435. The summed E-state index contributed by atoms with van der Waals surface area (Å²) >= 11 is 2.65. The van der Waals surface area contributed by atoms with Crippen LogP contribution in [-0.4, -0.2) is 20.9 Å². The first-order valence-corrected chi connectivity index (χ1v) is 11.2. The first kappa shape index (κ1) is 19.3. The molecule has 0 saturated carbocycles. The van der Waals surface area contributed by atoms with Crippen molar-refractivity contribution in [1.29, 1.82) is 0 Å². The lowest BCUT2D eigenvalue weighted by Crippen LogP contribution is -2.11. The standard InChI is InChI=1S/C23H17N5OS2/c1-13-2-4-14(5-3-13)17-7-6-16-19(24)20(31-22(16)26-17)21(29)28-23-27-18(12-30-23)15-8-10-25-11-9-15/h2-12H,24H2,1H3,(H,27,28,29). The van der Waals surface area contributed by atoms with Crippen LogP contribution in [0, 0.1) is 6.92 Å². The van der Waals surface area contributed by atoms with E-state index in [4.69, 9.17) is 10.7 Å². The molecule has 1 amide bonds. The molecule has 0 spiro atoms. The van der Waals surface area contributed by atoms with Gasteiger partial charge in [0.25, 0.3) is 5.91 Å². The van der Waals surface area contributed by atoms with Crippen LogP contribution in [0.25, 0.3) is 32.7 Å². The zero-order valence-corrected chi connectivity index (χ0v) is 18.1. The zero-order chi connectivity index (χ0) is 21.4. The topological polar surface area (TPSA) is 93.8 Å². The summed E-state index contributed by atoms with van der Waals surface area (Å²) < 4.78 is 0. The van der Waals surface area contributed by atoms with Gasteiger partial charge in [-0.3, -0.25) is 15.1 Å². The van der Waals surface area contributed by atoms with E-state index in [9.17, 15) is 4.79 Å². The molecule has 0 radical (unpaired) electrons. The summed E-state index contributed by atoms with van der Waals surface area (Å²) in [4.78, 5) is 27.3. The van der Waals surface area contributed by atoms with Gasteiger partial charge < -0.3 is 5.73 Å². The molecule has 31 heavy (non-hydrogen) atoms. The number of thiophene rings is 1. The van der Waals surface area contributed by atoms with Gasteiger partial charge in [0.1, 0.15) is 9.71 Å². The molecule has 0 fully saturated rings. The van der Waals surface area contributed by atoms with Gasteiger partial charge in [0.05, 0.1) is 17.1 Å². The van der Waals surface area contributed by atoms with Crippen molar-refractivity contribution in [2.45, 2.75) is 6.92 Å². The third-order valence-electron chi connectivity index (χ3n) is 4.85. The van der Waals surface area contributed by atoms with Crippen LogP contribution in [0.5, 0.6) is 0 Å². The minimum absolute atomic E-state index is 0.284. The molecule has 5 aromatic rings. The fourth-order valence-corrected chi connectivity index (χ4v) is 4.89. The van der Waals surface area contributed by atoms with Crippen molar-refractivity contribution in [2.24, 2.45) is 0 Å². The molecule has 0 saturated heterocycles. The van der Waals surface area contributed by atoms with Crippen LogP contribution >= 0.6 is 22.7 Å². The number of amides is 1. The van der Waals surface area contributed by atoms with Gasteiger partial charge in [0.15, 0.2) is 5.13 Å². The Kier molecular flexibility index (Phi) is 4.93. The number of fused-ring (bicyclic) bond motifs is 1. The van der Waals surface area contributed by atoms with Crippen molar-refractivity contribution in [3.8, 4) is 22.5 Å². The molecule has 0 aliphatic heterocycles. The number of rotatable bonds is 4. The molecule has 152 valence electrons. The predicted octanol–water partition coefficient (Wildman–Crippen LogP) is 5.62. The van der Waals surface area contributed by atoms with E-state index in [1.807, 2.05) is 48.7 Å². The lowest BCUT2D eigenvalue weighted by atomic mass is 10.1. The van der Waals surface area contributed by atoms with E-state index >= 15 is 0 Å². The molecule has 0 aliphatic rings. The quantitative estimate of drug-likeness (QED) is 0.376. The molecular formula is C23H17N5OS2. The molecule has 0 aliphatic carbocycles. The van der Waals surface area contributed by atoms with Crippen LogP contribution < -0.4 is 11.1 Å². The van der Waals surface area contributed by atoms with E-state index < -0.39 is 0 Å². The maximum absolute atomic E-state index is 12.9. The average Bonchev–Trinajstić information content (AvgIpc) is 3.39. The highest BCUT2D eigenvalue weighted by molar-refractivity contribution is 7.21. The number of nitrogens with one attached hydrogen (secondary N) is 1. The Hall–Kier alpha value is -3.62. The Morgan fingerprint density at radius 3 is 2.45 bits per heavy atom. The van der Waals surface area contributed by atoms with Crippen LogP contribution in [0.4, 0.5) is 10.8 Å². The largest absolute Gasteiger partial charge is 0.397 e. The molecule has 3 N–H and O–H groups in total. The number of hydrogen-bond acceptors (Lipinski definition) is 7. The number of thiazole rings is 1. The van der Waals surface area contributed by atoms with Crippen molar-refractivity contribution in [2.75, 3.05) is 11.1 Å². The first-order valence-electron chi connectivity index (χ1n) is 9.52. The molecule has 8 heteroatoms. The smallest absolute Gasteiger partial charge is 0.269 e. The maximum atomic E-state index is 12.9. The highest BCUT2D eigenvalue weighted by atomic mass is 32.1. The Morgan fingerprint density at radius 1 is 0.935 bits per heavy atom. The van der Waals surface area contributed by atoms with E-state index in [1.54, 1.807) is 12.4 Å². The van der Waals surface area contributed by atoms with Crippen molar-refractivity contribution in [1.82, 2.24) is 15.0 Å². The first-order chi connectivity index (χ1) is 15.1. The van der Waals surface area contributed by atoms with Gasteiger partial charge in [-0.2, -0.15) is 0 Å². The van der Waals surface area contributed by atoms with E-state index in [1.165, 1.54) is 28.2 Å². The second-order valence-corrected chi connectivity index (χ2v) is 8.85. The van der Waals surface area contributed by atoms with Crippen molar-refractivity contribution >= 4 is 49.6 Å². The summed E-state index contributed by atoms with van der Waals surface area (Å²) in [5, 5.41) is 6.05. The van der Waals surface area contributed by atoms with Crippen LogP contribution in [-0.2, 0) is 0 Å². The van der Waals surface area contributed by atoms with E-state index in [0.717, 1.165) is 32.7 Å². The minimum Gasteiger partial charge on any atom is -0.397 e. The Balaban J connectivity index is 1.42. The van der Waals surface area contributed by atoms with Crippen LogP contribution in [0.15, 0.2) is 66.3 Å². The lowest BCUT2D eigenvalue weighted by Gasteiger charge is -2.02. The third-order valence-corrected chi connectivity index (χ3v) is 6.72. The predicted molar refractivity (Wildman–Crippen MR) is 128 cm³/mol. The van der Waals surface area contributed by atoms with Gasteiger partial charge in [-0.1, -0.05) is 29.8 Å².